The number of halogens is 1. The number of hydrazone groups is 1. The number of amides is 2. The van der Waals surface area contributed by atoms with Crippen LogP contribution in [0.5, 0.6) is 5.75 Å². The number of ether oxygens (including phenoxy) is 1. The van der Waals surface area contributed by atoms with E-state index >= 15 is 0 Å². The quantitative estimate of drug-likeness (QED) is 0.217. The lowest BCUT2D eigenvalue weighted by Gasteiger charge is -2.47. The molecular weight excluding hydrogens is 626 g/mol. The van der Waals surface area contributed by atoms with E-state index in [4.69, 9.17) is 21.3 Å². The highest BCUT2D eigenvalue weighted by Crippen LogP contribution is 2.50. The third-order valence-electron chi connectivity index (χ3n) is 9.68. The Labute approximate surface area is 290 Å². The maximum atomic E-state index is 14.8. The third kappa shape index (κ3) is 8.14. The lowest BCUT2D eigenvalue weighted by Crippen LogP contribution is -2.51. The summed E-state index contributed by atoms with van der Waals surface area (Å²) in [6, 6.07) is 13.0. The Morgan fingerprint density at radius 3 is 2.33 bits per heavy atom. The van der Waals surface area contributed by atoms with Crippen molar-refractivity contribution in [1.82, 2.24) is 26.7 Å². The normalized spacial score (nSPS) is 21.9. The maximum absolute atomic E-state index is 14.8. The van der Waals surface area contributed by atoms with E-state index in [0.717, 1.165) is 44.1 Å². The van der Waals surface area contributed by atoms with Gasteiger partial charge in [0.05, 0.1) is 23.7 Å². The molecule has 2 aromatic rings. The highest BCUT2D eigenvalue weighted by Gasteiger charge is 2.52. The van der Waals surface area contributed by atoms with Gasteiger partial charge < -0.3 is 15.0 Å². The summed E-state index contributed by atoms with van der Waals surface area (Å²) in [5, 5.41) is 7.35. The summed E-state index contributed by atoms with van der Waals surface area (Å²) >= 11 is 6.69. The summed E-state index contributed by atoms with van der Waals surface area (Å²) in [7, 11) is 0. The highest BCUT2D eigenvalue weighted by atomic mass is 35.5. The van der Waals surface area contributed by atoms with E-state index in [1.165, 1.54) is 0 Å². The summed E-state index contributed by atoms with van der Waals surface area (Å²) in [5.74, 6) is 1.44. The van der Waals surface area contributed by atoms with Crippen LogP contribution in [0.15, 0.2) is 52.6 Å². The molecule has 3 aliphatic rings. The maximum Gasteiger partial charge on any atom is 0.275 e. The topological polar surface area (TPSA) is 119 Å². The predicted molar refractivity (Wildman–Crippen MR) is 192 cm³/mol. The summed E-state index contributed by atoms with van der Waals surface area (Å²) in [6.07, 6.45) is 5.21. The van der Waals surface area contributed by atoms with Crippen molar-refractivity contribution < 1.29 is 14.3 Å². The van der Waals surface area contributed by atoms with Gasteiger partial charge in [-0.2, -0.15) is 0 Å². The van der Waals surface area contributed by atoms with Crippen molar-refractivity contribution in [3.8, 4) is 5.75 Å². The smallest absolute Gasteiger partial charge is 0.275 e. The van der Waals surface area contributed by atoms with Crippen molar-refractivity contribution in [2.45, 2.75) is 112 Å². The van der Waals surface area contributed by atoms with Gasteiger partial charge in [-0.3, -0.25) is 20.0 Å². The fourth-order valence-electron chi connectivity index (χ4n) is 6.97. The van der Waals surface area contributed by atoms with Gasteiger partial charge in [0.25, 0.3) is 11.8 Å². The van der Waals surface area contributed by atoms with Gasteiger partial charge in [0.2, 0.25) is 0 Å². The van der Waals surface area contributed by atoms with Crippen LogP contribution in [0.3, 0.4) is 0 Å². The minimum absolute atomic E-state index is 0.0232. The van der Waals surface area contributed by atoms with E-state index in [9.17, 15) is 9.59 Å². The fraction of sp³-hybridized carbons (Fsp3) is 0.568. The van der Waals surface area contributed by atoms with Crippen LogP contribution in [0.1, 0.15) is 121 Å². The standard InChI is InChI=1S/C37H52ClN7O3/c1-23(2)48-30-14-13-26(21-28(30)38)32-34(47)45(37(40-32)19-15-27(16-20-37)36(6,7)8)29(17-18-35(3,4)5)24-9-11-25(12-10-24)33(46)39-22-31-41-43-44-42-31/h9-14,21,23,27,29,43-44H,15-20,22H2,1-8H3,(H,39,46)(H,41,42). The average molecular weight is 678 g/mol. The molecule has 48 heavy (non-hydrogen) atoms. The first-order valence-electron chi connectivity index (χ1n) is 17.2. The molecule has 2 amide bonds. The summed E-state index contributed by atoms with van der Waals surface area (Å²) in [4.78, 5) is 35.2. The number of nitrogens with zero attached hydrogens (tertiary/aromatic N) is 3. The van der Waals surface area contributed by atoms with Gasteiger partial charge in [0.15, 0.2) is 5.84 Å². The first kappa shape index (κ1) is 35.7. The largest absolute Gasteiger partial charge is 0.489 e. The second-order valence-corrected chi connectivity index (χ2v) is 16.3. The van der Waals surface area contributed by atoms with Gasteiger partial charge in [-0.15, -0.1) is 10.6 Å². The number of amidine groups is 1. The molecule has 10 nitrogen and oxygen atoms in total. The Bertz CT molecular complexity index is 1550. The molecule has 1 aliphatic carbocycles. The second kappa shape index (κ2) is 14.1. The van der Waals surface area contributed by atoms with E-state index < -0.39 is 5.66 Å². The molecule has 0 saturated heterocycles. The van der Waals surface area contributed by atoms with Crippen molar-refractivity contribution in [3.63, 3.8) is 0 Å². The van der Waals surface area contributed by atoms with E-state index in [2.05, 4.69) is 73.4 Å². The molecule has 11 heteroatoms. The number of hydrazine groups is 2. The van der Waals surface area contributed by atoms with Crippen molar-refractivity contribution in [2.24, 2.45) is 26.8 Å². The van der Waals surface area contributed by atoms with E-state index in [1.54, 1.807) is 0 Å². The fourth-order valence-corrected chi connectivity index (χ4v) is 7.20. The molecule has 2 heterocycles. The molecule has 1 fully saturated rings. The van der Waals surface area contributed by atoms with Gasteiger partial charge >= 0.3 is 0 Å². The van der Waals surface area contributed by atoms with Crippen LogP contribution >= 0.6 is 11.6 Å². The van der Waals surface area contributed by atoms with Gasteiger partial charge in [-0.1, -0.05) is 65.3 Å². The van der Waals surface area contributed by atoms with Crippen LogP contribution in [0.2, 0.25) is 5.02 Å². The number of hydrogen-bond donors (Lipinski definition) is 4. The lowest BCUT2D eigenvalue weighted by molar-refractivity contribution is -0.134. The SMILES string of the molecule is CC(C)Oc1ccc(C2=NC3(CCC(C(C)(C)C)CC3)N(C(CCC(C)(C)C)c3ccc(C(=O)NCC4=NNNN4)cc3)C2=O)cc1Cl. The van der Waals surface area contributed by atoms with Crippen molar-refractivity contribution in [1.29, 1.82) is 0 Å². The molecule has 1 spiro atoms. The van der Waals surface area contributed by atoms with E-state index in [0.29, 0.717) is 39.4 Å². The van der Waals surface area contributed by atoms with Crippen LogP contribution in [0.25, 0.3) is 0 Å². The lowest BCUT2D eigenvalue weighted by atomic mass is 9.69. The van der Waals surface area contributed by atoms with Gasteiger partial charge in [-0.05, 0) is 105 Å². The Morgan fingerprint density at radius 2 is 1.77 bits per heavy atom. The number of carbonyl (C=O) groups excluding carboxylic acids is 2. The molecule has 2 aliphatic heterocycles. The number of nitrogens with one attached hydrogen (secondary N) is 4. The van der Waals surface area contributed by atoms with Crippen LogP contribution < -0.4 is 26.5 Å². The van der Waals surface area contributed by atoms with Crippen LogP contribution in [0, 0.1) is 16.7 Å². The van der Waals surface area contributed by atoms with E-state index in [1.807, 2.05) is 56.3 Å². The summed E-state index contributed by atoms with van der Waals surface area (Å²) < 4.78 is 5.88. The van der Waals surface area contributed by atoms with Gasteiger partial charge in [0.1, 0.15) is 17.1 Å². The molecule has 260 valence electrons. The first-order chi connectivity index (χ1) is 22.6. The Kier molecular flexibility index (Phi) is 10.5. The Morgan fingerprint density at radius 1 is 1.08 bits per heavy atom. The molecule has 0 radical (unpaired) electrons. The number of carbonyl (C=O) groups is 2. The second-order valence-electron chi connectivity index (χ2n) is 15.9. The molecule has 1 atom stereocenters. The molecule has 2 aromatic carbocycles. The highest BCUT2D eigenvalue weighted by molar-refractivity contribution is 6.47. The average Bonchev–Trinajstić information content (AvgIpc) is 3.63. The van der Waals surface area contributed by atoms with Crippen molar-refractivity contribution in [3.05, 3.63) is 64.2 Å². The monoisotopic (exact) mass is 677 g/mol. The zero-order valence-electron chi connectivity index (χ0n) is 29.7. The number of aliphatic imine (C=N–C) groups is 1. The molecule has 1 saturated carbocycles. The number of benzene rings is 2. The third-order valence-corrected chi connectivity index (χ3v) is 9.97. The van der Waals surface area contributed by atoms with E-state index in [-0.39, 0.29) is 41.3 Å². The first-order valence-corrected chi connectivity index (χ1v) is 17.5. The van der Waals surface area contributed by atoms with Gasteiger partial charge in [0, 0.05) is 11.1 Å². The van der Waals surface area contributed by atoms with Crippen molar-refractivity contribution in [2.75, 3.05) is 6.54 Å². The molecule has 0 bridgehead atoms. The summed E-state index contributed by atoms with van der Waals surface area (Å²) in [5.41, 5.74) is 10.3. The van der Waals surface area contributed by atoms with Crippen LogP contribution in [0.4, 0.5) is 0 Å². The van der Waals surface area contributed by atoms with Crippen LogP contribution in [-0.4, -0.2) is 46.6 Å². The molecule has 0 aromatic heterocycles. The number of hydrogen-bond acceptors (Lipinski definition) is 8. The van der Waals surface area contributed by atoms with Gasteiger partial charge in [-0.25, -0.2) is 5.53 Å². The molecule has 5 rings (SSSR count). The Hall–Kier alpha value is -3.63. The van der Waals surface area contributed by atoms with Crippen LogP contribution in [-0.2, 0) is 4.79 Å². The Balaban J connectivity index is 1.50. The minimum atomic E-state index is -0.663. The zero-order valence-corrected chi connectivity index (χ0v) is 30.4. The molecule has 1 unspecified atom stereocenters. The number of rotatable bonds is 10. The zero-order chi connectivity index (χ0) is 34.9. The van der Waals surface area contributed by atoms with Crippen molar-refractivity contribution >= 4 is 35.0 Å². The minimum Gasteiger partial charge on any atom is -0.489 e. The molecule has 4 N–H and O–H groups in total. The summed E-state index contributed by atoms with van der Waals surface area (Å²) in [6.45, 7) is 17.8. The molecular formula is C37H52ClN7O3. The predicted octanol–water partition coefficient (Wildman–Crippen LogP) is 6.91.